The molecule has 180 valence electrons. The normalized spacial score (nSPS) is 22.9. The van der Waals surface area contributed by atoms with Crippen molar-refractivity contribution in [3.8, 4) is 0 Å². The van der Waals surface area contributed by atoms with Crippen molar-refractivity contribution in [1.29, 1.82) is 0 Å². The summed E-state index contributed by atoms with van der Waals surface area (Å²) in [5, 5.41) is 13.1. The van der Waals surface area contributed by atoms with Gasteiger partial charge < -0.3 is 19.9 Å². The first-order valence-corrected chi connectivity index (χ1v) is 12.4. The van der Waals surface area contributed by atoms with E-state index < -0.39 is 27.8 Å². The number of hydrogen-bond acceptors (Lipinski definition) is 6. The van der Waals surface area contributed by atoms with Crippen molar-refractivity contribution < 1.29 is 32.3 Å². The van der Waals surface area contributed by atoms with E-state index in [0.29, 0.717) is 19.6 Å². The third-order valence-corrected chi connectivity index (χ3v) is 6.93. The largest absolute Gasteiger partial charge is 0.481 e. The molecule has 0 amide bonds. The number of carboxylic acids is 1. The second-order valence-corrected chi connectivity index (χ2v) is 9.91. The SMILES string of the molecule is C[C@H](N[C@H]1CCC2(C[C@H]1C(=O)O)OCCO2)c1ccccc1.Cc1ccc(S(=O)(=O)O)cc1. The number of rotatable bonds is 5. The van der Waals surface area contributed by atoms with Crippen molar-refractivity contribution in [1.82, 2.24) is 5.32 Å². The van der Waals surface area contributed by atoms with Crippen molar-refractivity contribution in [2.24, 2.45) is 5.92 Å². The van der Waals surface area contributed by atoms with Gasteiger partial charge in [-0.25, -0.2) is 0 Å². The minimum Gasteiger partial charge on any atom is -0.481 e. The molecule has 9 heteroatoms. The van der Waals surface area contributed by atoms with Crippen LogP contribution in [0.1, 0.15) is 43.4 Å². The molecule has 2 aromatic rings. The molecule has 33 heavy (non-hydrogen) atoms. The number of nitrogens with one attached hydrogen (secondary N) is 1. The molecule has 0 radical (unpaired) electrons. The monoisotopic (exact) mass is 477 g/mol. The van der Waals surface area contributed by atoms with Crippen LogP contribution in [0.2, 0.25) is 0 Å². The van der Waals surface area contributed by atoms with E-state index in [1.54, 1.807) is 12.1 Å². The molecule has 1 spiro atoms. The Hall–Kier alpha value is -2.30. The molecule has 3 atom stereocenters. The highest BCUT2D eigenvalue weighted by Crippen LogP contribution is 2.39. The Morgan fingerprint density at radius 2 is 1.70 bits per heavy atom. The van der Waals surface area contributed by atoms with E-state index in [-0.39, 0.29) is 17.0 Å². The molecular weight excluding hydrogens is 446 g/mol. The van der Waals surface area contributed by atoms with Crippen molar-refractivity contribution >= 4 is 16.1 Å². The number of benzene rings is 2. The Labute approximate surface area is 194 Å². The maximum atomic E-state index is 11.7. The fourth-order valence-electron chi connectivity index (χ4n) is 4.24. The van der Waals surface area contributed by atoms with Crippen molar-refractivity contribution in [3.63, 3.8) is 0 Å². The van der Waals surface area contributed by atoms with Gasteiger partial charge in [-0.1, -0.05) is 48.0 Å². The first kappa shape index (κ1) is 25.3. The second kappa shape index (κ2) is 10.8. The van der Waals surface area contributed by atoms with Crippen LogP contribution in [0.25, 0.3) is 0 Å². The lowest BCUT2D eigenvalue weighted by Crippen LogP contribution is -2.51. The van der Waals surface area contributed by atoms with E-state index >= 15 is 0 Å². The lowest BCUT2D eigenvalue weighted by atomic mass is 9.80. The van der Waals surface area contributed by atoms with Gasteiger partial charge in [-0.2, -0.15) is 8.42 Å². The molecule has 0 aromatic heterocycles. The Morgan fingerprint density at radius 1 is 1.09 bits per heavy atom. The average molecular weight is 478 g/mol. The van der Waals surface area contributed by atoms with Gasteiger partial charge in [-0.3, -0.25) is 9.35 Å². The molecule has 4 rings (SSSR count). The summed E-state index contributed by atoms with van der Waals surface area (Å²) in [4.78, 5) is 11.6. The number of carbonyl (C=O) groups is 1. The van der Waals surface area contributed by atoms with Crippen molar-refractivity contribution in [3.05, 3.63) is 65.7 Å². The molecule has 0 unspecified atom stereocenters. The minimum absolute atomic E-state index is 0.0638. The molecule has 1 aliphatic carbocycles. The van der Waals surface area contributed by atoms with Gasteiger partial charge in [-0.15, -0.1) is 0 Å². The predicted molar refractivity (Wildman–Crippen MR) is 122 cm³/mol. The zero-order valence-corrected chi connectivity index (χ0v) is 19.6. The molecule has 1 heterocycles. The summed E-state index contributed by atoms with van der Waals surface area (Å²) in [6.45, 7) is 5.03. The van der Waals surface area contributed by atoms with Crippen LogP contribution >= 0.6 is 0 Å². The van der Waals surface area contributed by atoms with Gasteiger partial charge in [0.1, 0.15) is 0 Å². The molecule has 8 nitrogen and oxygen atoms in total. The average Bonchev–Trinajstić information content (AvgIpc) is 3.23. The van der Waals surface area contributed by atoms with Crippen LogP contribution in [0, 0.1) is 12.8 Å². The van der Waals surface area contributed by atoms with Gasteiger partial charge in [0.2, 0.25) is 0 Å². The summed E-state index contributed by atoms with van der Waals surface area (Å²) in [5.41, 5.74) is 2.12. The van der Waals surface area contributed by atoms with E-state index in [2.05, 4.69) is 24.4 Å². The number of hydrogen-bond donors (Lipinski definition) is 3. The zero-order chi connectivity index (χ0) is 24.1. The molecular formula is C24H31NO7S. The van der Waals surface area contributed by atoms with E-state index in [1.807, 2.05) is 25.1 Å². The molecule has 1 saturated carbocycles. The summed E-state index contributed by atoms with van der Waals surface area (Å²) < 4.78 is 40.9. The second-order valence-electron chi connectivity index (χ2n) is 8.49. The highest BCUT2D eigenvalue weighted by atomic mass is 32.2. The summed E-state index contributed by atoms with van der Waals surface area (Å²) >= 11 is 0. The fraction of sp³-hybridized carbons (Fsp3) is 0.458. The number of carboxylic acid groups (broad SMARTS) is 1. The number of aryl methyl sites for hydroxylation is 1. The summed E-state index contributed by atoms with van der Waals surface area (Å²) in [5.74, 6) is -1.94. The van der Waals surface area contributed by atoms with Crippen molar-refractivity contribution in [2.45, 2.75) is 55.9 Å². The lowest BCUT2D eigenvalue weighted by Gasteiger charge is -2.40. The smallest absolute Gasteiger partial charge is 0.308 e. The third kappa shape index (κ3) is 6.84. The van der Waals surface area contributed by atoms with Crippen LogP contribution in [-0.4, -0.2) is 49.1 Å². The molecule has 3 N–H and O–H groups in total. The van der Waals surface area contributed by atoms with E-state index in [4.69, 9.17) is 14.0 Å². The molecule has 0 bridgehead atoms. The van der Waals surface area contributed by atoms with Crippen molar-refractivity contribution in [2.75, 3.05) is 13.2 Å². The topological polar surface area (TPSA) is 122 Å². The molecule has 1 aliphatic heterocycles. The number of ether oxygens (including phenoxy) is 2. The third-order valence-electron chi connectivity index (χ3n) is 6.07. The van der Waals surface area contributed by atoms with E-state index in [0.717, 1.165) is 18.4 Å². The lowest BCUT2D eigenvalue weighted by molar-refractivity contribution is -0.197. The van der Waals surface area contributed by atoms with E-state index in [1.165, 1.54) is 17.7 Å². The van der Waals surface area contributed by atoms with Gasteiger partial charge >= 0.3 is 5.97 Å². The van der Waals surface area contributed by atoms with Crippen LogP contribution in [0.4, 0.5) is 0 Å². The summed E-state index contributed by atoms with van der Waals surface area (Å²) in [7, 11) is -4.02. The van der Waals surface area contributed by atoms with E-state index in [9.17, 15) is 18.3 Å². The number of aliphatic carboxylic acids is 1. The highest BCUT2D eigenvalue weighted by molar-refractivity contribution is 7.85. The molecule has 2 fully saturated rings. The van der Waals surface area contributed by atoms with Crippen LogP contribution in [0.15, 0.2) is 59.5 Å². The Kier molecular flexibility index (Phi) is 8.25. The van der Waals surface area contributed by atoms with Crippen LogP contribution < -0.4 is 5.32 Å². The molecule has 1 saturated heterocycles. The highest BCUT2D eigenvalue weighted by Gasteiger charge is 2.47. The summed E-state index contributed by atoms with van der Waals surface area (Å²) in [6, 6.07) is 16.1. The Balaban J connectivity index is 0.000000235. The first-order chi connectivity index (χ1) is 15.6. The van der Waals surface area contributed by atoms with Gasteiger partial charge in [0.05, 0.1) is 24.0 Å². The van der Waals surface area contributed by atoms with Crippen LogP contribution in [-0.2, 0) is 24.4 Å². The summed E-state index contributed by atoms with van der Waals surface area (Å²) in [6.07, 6.45) is 1.91. The molecule has 2 aromatic carbocycles. The van der Waals surface area contributed by atoms with Crippen LogP contribution in [0.3, 0.4) is 0 Å². The van der Waals surface area contributed by atoms with Gasteiger partial charge in [0, 0.05) is 24.9 Å². The predicted octanol–water partition coefficient (Wildman–Crippen LogP) is 3.58. The van der Waals surface area contributed by atoms with Gasteiger partial charge in [-0.05, 0) is 38.0 Å². The fourth-order valence-corrected chi connectivity index (χ4v) is 4.72. The Morgan fingerprint density at radius 3 is 2.24 bits per heavy atom. The molecule has 2 aliphatic rings. The first-order valence-electron chi connectivity index (χ1n) is 11.0. The zero-order valence-electron chi connectivity index (χ0n) is 18.8. The van der Waals surface area contributed by atoms with Gasteiger partial charge in [0.15, 0.2) is 5.79 Å². The van der Waals surface area contributed by atoms with Gasteiger partial charge in [0.25, 0.3) is 10.1 Å². The maximum absolute atomic E-state index is 11.7. The minimum atomic E-state index is -4.02. The van der Waals surface area contributed by atoms with Crippen LogP contribution in [0.5, 0.6) is 0 Å². The Bertz CT molecular complexity index is 1020. The quantitative estimate of drug-likeness (QED) is 0.559. The maximum Gasteiger partial charge on any atom is 0.308 e. The standard InChI is InChI=1S/C17H23NO4.C7H8O3S/c1-12(13-5-3-2-4-6-13)18-15-7-8-17(21-9-10-22-17)11-14(15)16(19)20;1-6-2-4-7(5-3-6)11(8,9)10/h2-6,12,14-15,18H,7-11H2,1H3,(H,19,20);2-5H,1H3,(H,8,9,10)/t12-,14+,15-;/m0./s1.